The molecule has 1 fully saturated rings. The summed E-state index contributed by atoms with van der Waals surface area (Å²) in [6.45, 7) is 2.92. The van der Waals surface area contributed by atoms with Crippen LogP contribution >= 0.6 is 0 Å². The normalized spacial score (nSPS) is 33.9. The SMILES string of the molecule is NC1(CO)CCC(N2CCn3cnnc3C2)C1. The van der Waals surface area contributed by atoms with Gasteiger partial charge in [-0.2, -0.15) is 0 Å². The average Bonchev–Trinajstić information content (AvgIpc) is 2.95. The van der Waals surface area contributed by atoms with Crippen molar-refractivity contribution in [3.63, 3.8) is 0 Å². The predicted molar refractivity (Wildman–Crippen MR) is 62.1 cm³/mol. The number of hydrogen-bond donors (Lipinski definition) is 2. The fourth-order valence-corrected chi connectivity index (χ4v) is 2.98. The van der Waals surface area contributed by atoms with E-state index in [0.29, 0.717) is 6.04 Å². The molecule has 6 nitrogen and oxygen atoms in total. The van der Waals surface area contributed by atoms with Gasteiger partial charge < -0.3 is 15.4 Å². The van der Waals surface area contributed by atoms with Crippen molar-refractivity contribution < 1.29 is 5.11 Å². The summed E-state index contributed by atoms with van der Waals surface area (Å²) in [5.41, 5.74) is 5.75. The molecule has 0 saturated heterocycles. The number of fused-ring (bicyclic) bond motifs is 1. The fourth-order valence-electron chi connectivity index (χ4n) is 2.98. The van der Waals surface area contributed by atoms with Gasteiger partial charge in [-0.3, -0.25) is 4.90 Å². The number of aromatic nitrogens is 3. The highest BCUT2D eigenvalue weighted by Gasteiger charge is 2.38. The number of nitrogens with zero attached hydrogens (tertiary/aromatic N) is 4. The van der Waals surface area contributed by atoms with Crippen LogP contribution in [0.2, 0.25) is 0 Å². The molecule has 2 aliphatic rings. The monoisotopic (exact) mass is 237 g/mol. The van der Waals surface area contributed by atoms with E-state index in [9.17, 15) is 5.11 Å². The van der Waals surface area contributed by atoms with Crippen LogP contribution in [0.5, 0.6) is 0 Å². The Labute approximate surface area is 100 Å². The van der Waals surface area contributed by atoms with Crippen LogP contribution in [0.15, 0.2) is 6.33 Å². The summed E-state index contributed by atoms with van der Waals surface area (Å²) in [6.07, 6.45) is 4.67. The minimum atomic E-state index is -0.365. The van der Waals surface area contributed by atoms with Crippen LogP contribution in [-0.4, -0.2) is 49.5 Å². The Morgan fingerprint density at radius 1 is 1.53 bits per heavy atom. The maximum Gasteiger partial charge on any atom is 0.147 e. The zero-order valence-electron chi connectivity index (χ0n) is 9.92. The molecule has 2 atom stereocenters. The highest BCUT2D eigenvalue weighted by molar-refractivity contribution is 4.99. The molecular weight excluding hydrogens is 218 g/mol. The summed E-state index contributed by atoms with van der Waals surface area (Å²) in [5, 5.41) is 17.4. The van der Waals surface area contributed by atoms with Crippen molar-refractivity contribution in [2.24, 2.45) is 5.73 Å². The molecule has 2 unspecified atom stereocenters. The third-order valence-corrected chi connectivity index (χ3v) is 4.12. The molecule has 3 rings (SSSR count). The lowest BCUT2D eigenvalue weighted by Crippen LogP contribution is -2.45. The Morgan fingerprint density at radius 3 is 3.18 bits per heavy atom. The van der Waals surface area contributed by atoms with E-state index in [4.69, 9.17) is 5.73 Å². The maximum atomic E-state index is 9.30. The Morgan fingerprint density at radius 2 is 2.41 bits per heavy atom. The van der Waals surface area contributed by atoms with Gasteiger partial charge in [0, 0.05) is 24.7 Å². The fraction of sp³-hybridized carbons (Fsp3) is 0.818. The van der Waals surface area contributed by atoms with E-state index < -0.39 is 0 Å². The number of aliphatic hydroxyl groups is 1. The molecule has 0 bridgehead atoms. The first kappa shape index (κ1) is 11.1. The topological polar surface area (TPSA) is 80.2 Å². The van der Waals surface area contributed by atoms with Gasteiger partial charge in [-0.15, -0.1) is 10.2 Å². The zero-order valence-corrected chi connectivity index (χ0v) is 9.92. The zero-order chi connectivity index (χ0) is 11.9. The van der Waals surface area contributed by atoms with Gasteiger partial charge in [0.1, 0.15) is 12.2 Å². The summed E-state index contributed by atoms with van der Waals surface area (Å²) in [7, 11) is 0. The van der Waals surface area contributed by atoms with Crippen LogP contribution in [-0.2, 0) is 13.1 Å². The minimum absolute atomic E-state index is 0.0908. The Balaban J connectivity index is 1.68. The van der Waals surface area contributed by atoms with E-state index in [2.05, 4.69) is 19.7 Å². The molecule has 1 aromatic rings. The number of aliphatic hydroxyl groups excluding tert-OH is 1. The molecule has 1 aliphatic heterocycles. The molecule has 3 N–H and O–H groups in total. The number of nitrogens with two attached hydrogens (primary N) is 1. The van der Waals surface area contributed by atoms with Gasteiger partial charge >= 0.3 is 0 Å². The van der Waals surface area contributed by atoms with Gasteiger partial charge in [0.05, 0.1) is 13.2 Å². The van der Waals surface area contributed by atoms with Gasteiger partial charge in [0.15, 0.2) is 0 Å². The van der Waals surface area contributed by atoms with Crippen molar-refractivity contribution in [2.45, 2.75) is 43.9 Å². The van der Waals surface area contributed by atoms with Crippen LogP contribution < -0.4 is 5.73 Å². The van der Waals surface area contributed by atoms with Gasteiger partial charge in [0.2, 0.25) is 0 Å². The molecule has 0 radical (unpaired) electrons. The molecule has 17 heavy (non-hydrogen) atoms. The lowest BCUT2D eigenvalue weighted by atomic mass is 10.0. The molecule has 2 heterocycles. The lowest BCUT2D eigenvalue weighted by Gasteiger charge is -2.33. The summed E-state index contributed by atoms with van der Waals surface area (Å²) in [4.78, 5) is 2.42. The first-order valence-electron chi connectivity index (χ1n) is 6.21. The van der Waals surface area contributed by atoms with Gasteiger partial charge in [-0.1, -0.05) is 0 Å². The molecule has 1 saturated carbocycles. The quantitative estimate of drug-likeness (QED) is 0.713. The van der Waals surface area contributed by atoms with Gasteiger partial charge in [-0.05, 0) is 19.3 Å². The first-order chi connectivity index (χ1) is 8.20. The summed E-state index contributed by atoms with van der Waals surface area (Å²) in [6, 6.07) is 0.484. The number of hydrogen-bond acceptors (Lipinski definition) is 5. The van der Waals surface area contributed by atoms with Crippen LogP contribution in [0.4, 0.5) is 0 Å². The molecule has 6 heteroatoms. The Kier molecular flexibility index (Phi) is 2.65. The Bertz CT molecular complexity index is 406. The second-order valence-electron chi connectivity index (χ2n) is 5.33. The highest BCUT2D eigenvalue weighted by Crippen LogP contribution is 2.32. The van der Waals surface area contributed by atoms with Crippen molar-refractivity contribution >= 4 is 0 Å². The molecule has 0 amide bonds. The van der Waals surface area contributed by atoms with Gasteiger partial charge in [0.25, 0.3) is 0 Å². The van der Waals surface area contributed by atoms with Crippen LogP contribution in [0, 0.1) is 0 Å². The number of rotatable bonds is 2. The third-order valence-electron chi connectivity index (χ3n) is 4.12. The third kappa shape index (κ3) is 1.96. The lowest BCUT2D eigenvalue weighted by molar-refractivity contribution is 0.138. The first-order valence-corrected chi connectivity index (χ1v) is 6.21. The summed E-state index contributed by atoms with van der Waals surface area (Å²) >= 11 is 0. The standard InChI is InChI=1S/C11H19N5O/c12-11(7-17)2-1-9(5-11)15-3-4-16-8-13-14-10(16)6-15/h8-9,17H,1-7,12H2. The van der Waals surface area contributed by atoms with E-state index in [-0.39, 0.29) is 12.1 Å². The summed E-state index contributed by atoms with van der Waals surface area (Å²) < 4.78 is 2.10. The molecular formula is C11H19N5O. The minimum Gasteiger partial charge on any atom is -0.394 e. The van der Waals surface area contributed by atoms with Crippen LogP contribution in [0.3, 0.4) is 0 Å². The average molecular weight is 237 g/mol. The van der Waals surface area contributed by atoms with E-state index in [1.807, 2.05) is 0 Å². The predicted octanol–water partition coefficient (Wildman–Crippen LogP) is -0.664. The van der Waals surface area contributed by atoms with E-state index in [0.717, 1.165) is 44.7 Å². The van der Waals surface area contributed by atoms with Crippen molar-refractivity contribution in [2.75, 3.05) is 13.2 Å². The van der Waals surface area contributed by atoms with E-state index in [1.54, 1.807) is 6.33 Å². The molecule has 0 aromatic carbocycles. The largest absolute Gasteiger partial charge is 0.394 e. The van der Waals surface area contributed by atoms with Crippen LogP contribution in [0.25, 0.3) is 0 Å². The highest BCUT2D eigenvalue weighted by atomic mass is 16.3. The van der Waals surface area contributed by atoms with Crippen LogP contribution in [0.1, 0.15) is 25.1 Å². The second-order valence-corrected chi connectivity index (χ2v) is 5.33. The van der Waals surface area contributed by atoms with Crippen molar-refractivity contribution in [1.82, 2.24) is 19.7 Å². The molecule has 1 aliphatic carbocycles. The molecule has 0 spiro atoms. The van der Waals surface area contributed by atoms with Crippen molar-refractivity contribution in [3.05, 3.63) is 12.2 Å². The van der Waals surface area contributed by atoms with Gasteiger partial charge in [-0.25, -0.2) is 0 Å². The second kappa shape index (κ2) is 4.04. The molecule has 94 valence electrons. The molecule has 1 aromatic heterocycles. The van der Waals surface area contributed by atoms with E-state index in [1.165, 1.54) is 0 Å². The van der Waals surface area contributed by atoms with Crippen molar-refractivity contribution in [1.29, 1.82) is 0 Å². The Hall–Kier alpha value is -0.980. The smallest absolute Gasteiger partial charge is 0.147 e. The maximum absolute atomic E-state index is 9.30. The summed E-state index contributed by atoms with van der Waals surface area (Å²) in [5.74, 6) is 1.04. The van der Waals surface area contributed by atoms with Crippen molar-refractivity contribution in [3.8, 4) is 0 Å². The van der Waals surface area contributed by atoms with E-state index >= 15 is 0 Å².